The van der Waals surface area contributed by atoms with Gasteiger partial charge in [-0.15, -0.1) is 0 Å². The molecule has 0 spiro atoms. The number of benzene rings is 3. The smallest absolute Gasteiger partial charge is 0.203 e. The van der Waals surface area contributed by atoms with E-state index in [2.05, 4.69) is 0 Å². The summed E-state index contributed by atoms with van der Waals surface area (Å²) >= 11 is 0. The van der Waals surface area contributed by atoms with Crippen LogP contribution in [0, 0.1) is 69.8 Å². The van der Waals surface area contributed by atoms with E-state index in [1.165, 1.54) is 0 Å². The maximum atomic E-state index is 14.9. The molecule has 1 aliphatic carbocycles. The molecule has 3 aromatic carbocycles. The molecule has 47 heavy (non-hydrogen) atoms. The Kier molecular flexibility index (Phi) is 8.42. The number of hydrogen-bond donors (Lipinski definition) is 0. The largest absolute Gasteiger partial charge is 0.422 e. The van der Waals surface area contributed by atoms with Crippen molar-refractivity contribution in [3.8, 4) is 0 Å². The third kappa shape index (κ3) is 5.45. The molecule has 21 heteroatoms. The van der Waals surface area contributed by atoms with Crippen molar-refractivity contribution in [2.24, 2.45) is 0 Å². The SMILES string of the molecule is Fc1c(F)c(C(F)(F)F)c(F)c(F)c1C1=CC(c2c(F)c(F)c(C(F)(F)F)c(F)c2F)=C(c2c(F)c(F)c(C(F)(F)F)c(F)c2F)C1. The summed E-state index contributed by atoms with van der Waals surface area (Å²) < 4.78 is 293. The van der Waals surface area contributed by atoms with Gasteiger partial charge in [0.05, 0.1) is 16.7 Å². The molecule has 3 aromatic rings. The van der Waals surface area contributed by atoms with Crippen molar-refractivity contribution in [1.82, 2.24) is 0 Å². The molecule has 0 unspecified atom stereocenters. The summed E-state index contributed by atoms with van der Waals surface area (Å²) in [6.45, 7) is 0. The first-order valence-corrected chi connectivity index (χ1v) is 11.5. The Hall–Kier alpha value is -4.33. The van der Waals surface area contributed by atoms with Gasteiger partial charge in [-0.2, -0.15) is 39.5 Å². The third-order valence-electron chi connectivity index (χ3n) is 6.54. The lowest BCUT2D eigenvalue weighted by atomic mass is 9.91. The molecule has 0 aromatic heterocycles. The fourth-order valence-corrected chi connectivity index (χ4v) is 4.63. The highest BCUT2D eigenvalue weighted by Gasteiger charge is 2.47. The average molecular weight is 714 g/mol. The molecule has 254 valence electrons. The molecular weight excluding hydrogens is 711 g/mol. The van der Waals surface area contributed by atoms with Gasteiger partial charge in [-0.1, -0.05) is 0 Å². The van der Waals surface area contributed by atoms with Gasteiger partial charge in [0.15, 0.2) is 69.8 Å². The van der Waals surface area contributed by atoms with Crippen LogP contribution in [0.3, 0.4) is 0 Å². The molecule has 4 rings (SSSR count). The van der Waals surface area contributed by atoms with E-state index >= 15 is 0 Å². The van der Waals surface area contributed by atoms with Crippen molar-refractivity contribution in [2.45, 2.75) is 24.9 Å². The molecule has 0 radical (unpaired) electrons. The van der Waals surface area contributed by atoms with Crippen molar-refractivity contribution in [2.75, 3.05) is 0 Å². The summed E-state index contributed by atoms with van der Waals surface area (Å²) in [4.78, 5) is 0. The van der Waals surface area contributed by atoms with Crippen LogP contribution < -0.4 is 0 Å². The second-order valence-electron chi connectivity index (χ2n) is 9.25. The Morgan fingerprint density at radius 3 is 0.872 bits per heavy atom. The third-order valence-corrected chi connectivity index (χ3v) is 6.54. The summed E-state index contributed by atoms with van der Waals surface area (Å²) in [7, 11) is 0. The van der Waals surface area contributed by atoms with Gasteiger partial charge in [0.25, 0.3) is 0 Å². The summed E-state index contributed by atoms with van der Waals surface area (Å²) in [6, 6.07) is 0. The standard InChI is InChI=1S/C26H3F21/c27-12-6(13(28)19(34)9(18(12)33)24(39,40)41)3-1-4(7-14(29)20(35)10(25(42,43)44)21(36)15(7)30)5(2-3)8-16(31)22(37)11(26(45,46)47)23(38)17(8)32/h1H,2H2. The van der Waals surface area contributed by atoms with Crippen LogP contribution in [0.5, 0.6) is 0 Å². The first-order valence-electron chi connectivity index (χ1n) is 11.5. The van der Waals surface area contributed by atoms with E-state index in [0.717, 1.165) is 0 Å². The molecule has 1 aliphatic rings. The fourth-order valence-electron chi connectivity index (χ4n) is 4.63. The fraction of sp³-hybridized carbons (Fsp3) is 0.154. The first-order chi connectivity index (χ1) is 21.3. The number of alkyl halides is 9. The number of hydrogen-bond acceptors (Lipinski definition) is 0. The second-order valence-corrected chi connectivity index (χ2v) is 9.25. The van der Waals surface area contributed by atoms with Crippen LogP contribution in [-0.4, -0.2) is 0 Å². The molecule has 0 nitrogen and oxygen atoms in total. The molecule has 0 atom stereocenters. The van der Waals surface area contributed by atoms with Crippen molar-refractivity contribution < 1.29 is 92.2 Å². The van der Waals surface area contributed by atoms with Crippen LogP contribution in [0.25, 0.3) is 16.7 Å². The molecule has 0 heterocycles. The predicted molar refractivity (Wildman–Crippen MR) is 113 cm³/mol. The highest BCUT2D eigenvalue weighted by molar-refractivity contribution is 6.07. The van der Waals surface area contributed by atoms with Gasteiger partial charge in [0.1, 0.15) is 16.7 Å². The van der Waals surface area contributed by atoms with Crippen molar-refractivity contribution in [1.29, 1.82) is 0 Å². The normalized spacial score (nSPS) is 14.4. The van der Waals surface area contributed by atoms with E-state index in [-0.39, 0.29) is 6.08 Å². The minimum absolute atomic E-state index is 0.386. The lowest BCUT2D eigenvalue weighted by Gasteiger charge is -2.18. The maximum Gasteiger partial charge on any atom is 0.422 e. The van der Waals surface area contributed by atoms with Crippen molar-refractivity contribution in [3.63, 3.8) is 0 Å². The van der Waals surface area contributed by atoms with Gasteiger partial charge in [0.2, 0.25) is 0 Å². The Bertz CT molecular complexity index is 1830. The number of halogens is 21. The van der Waals surface area contributed by atoms with Crippen LogP contribution in [0.4, 0.5) is 92.2 Å². The second kappa shape index (κ2) is 11.1. The maximum absolute atomic E-state index is 14.9. The number of rotatable bonds is 3. The molecular formula is C26H3F21. The van der Waals surface area contributed by atoms with Gasteiger partial charge < -0.3 is 0 Å². The summed E-state index contributed by atoms with van der Waals surface area (Å²) in [6.07, 6.45) is -21.1. The molecule has 0 amide bonds. The Balaban J connectivity index is 2.19. The molecule has 0 N–H and O–H groups in total. The zero-order chi connectivity index (χ0) is 36.0. The highest BCUT2D eigenvalue weighted by Crippen LogP contribution is 2.50. The average Bonchev–Trinajstić information content (AvgIpc) is 3.32. The zero-order valence-corrected chi connectivity index (χ0v) is 21.2. The van der Waals surface area contributed by atoms with Crippen molar-refractivity contribution in [3.05, 3.63) is 109 Å². The minimum Gasteiger partial charge on any atom is -0.203 e. The van der Waals surface area contributed by atoms with Gasteiger partial charge in [-0.05, 0) is 29.2 Å². The Labute approximate surface area is 244 Å². The van der Waals surface area contributed by atoms with E-state index in [0.29, 0.717) is 0 Å². The van der Waals surface area contributed by atoms with Gasteiger partial charge >= 0.3 is 18.5 Å². The molecule has 0 saturated carbocycles. The zero-order valence-electron chi connectivity index (χ0n) is 21.2. The summed E-state index contributed by atoms with van der Waals surface area (Å²) in [5, 5.41) is 0. The number of allylic oxidation sites excluding steroid dienone is 4. The van der Waals surface area contributed by atoms with E-state index < -0.39 is 145 Å². The quantitative estimate of drug-likeness (QED) is 0.187. The lowest BCUT2D eigenvalue weighted by Crippen LogP contribution is -2.18. The van der Waals surface area contributed by atoms with E-state index in [9.17, 15) is 92.2 Å². The van der Waals surface area contributed by atoms with Gasteiger partial charge in [-0.3, -0.25) is 0 Å². The van der Waals surface area contributed by atoms with Gasteiger partial charge in [-0.25, -0.2) is 52.7 Å². The molecule has 0 saturated heterocycles. The van der Waals surface area contributed by atoms with E-state index in [1.54, 1.807) is 0 Å². The minimum atomic E-state index is -6.23. The Morgan fingerprint density at radius 1 is 0.340 bits per heavy atom. The topological polar surface area (TPSA) is 0 Å². The highest BCUT2D eigenvalue weighted by atomic mass is 19.4. The van der Waals surface area contributed by atoms with Crippen molar-refractivity contribution >= 4 is 16.7 Å². The monoisotopic (exact) mass is 714 g/mol. The Morgan fingerprint density at radius 2 is 0.596 bits per heavy atom. The predicted octanol–water partition coefficient (Wildman–Crippen LogP) is 10.8. The lowest BCUT2D eigenvalue weighted by molar-refractivity contribution is -0.144. The van der Waals surface area contributed by atoms with Crippen LogP contribution in [-0.2, 0) is 18.5 Å². The van der Waals surface area contributed by atoms with E-state index in [4.69, 9.17) is 0 Å². The van der Waals surface area contributed by atoms with E-state index in [1.807, 2.05) is 0 Å². The molecule has 0 aliphatic heterocycles. The molecule has 0 fully saturated rings. The van der Waals surface area contributed by atoms with Crippen LogP contribution in [0.2, 0.25) is 0 Å². The molecule has 0 bridgehead atoms. The van der Waals surface area contributed by atoms with Crippen LogP contribution >= 0.6 is 0 Å². The van der Waals surface area contributed by atoms with Crippen LogP contribution in [0.1, 0.15) is 39.8 Å². The summed E-state index contributed by atoms with van der Waals surface area (Å²) in [5.41, 5.74) is -23.0. The summed E-state index contributed by atoms with van der Waals surface area (Å²) in [5.74, 6) is -38.5. The van der Waals surface area contributed by atoms with Crippen LogP contribution in [0.15, 0.2) is 6.08 Å². The first kappa shape index (κ1) is 35.5. The van der Waals surface area contributed by atoms with Gasteiger partial charge in [0, 0.05) is 0 Å².